The van der Waals surface area contributed by atoms with Crippen molar-refractivity contribution in [2.24, 2.45) is 5.41 Å². The van der Waals surface area contributed by atoms with E-state index >= 15 is 0 Å². The van der Waals surface area contributed by atoms with Crippen LogP contribution in [0.1, 0.15) is 63.5 Å². The highest BCUT2D eigenvalue weighted by Crippen LogP contribution is 2.57. The van der Waals surface area contributed by atoms with Gasteiger partial charge in [-0.25, -0.2) is 0 Å². The average Bonchev–Trinajstić information content (AvgIpc) is 3.15. The Bertz CT molecular complexity index is 814. The molecule has 3 heteroatoms. The molecule has 1 aromatic carbocycles. The highest BCUT2D eigenvalue weighted by Gasteiger charge is 2.46. The molecule has 1 aromatic heterocycles. The van der Waals surface area contributed by atoms with E-state index in [1.165, 1.54) is 41.3 Å². The van der Waals surface area contributed by atoms with Crippen molar-refractivity contribution < 1.29 is 4.79 Å². The summed E-state index contributed by atoms with van der Waals surface area (Å²) in [5.41, 5.74) is 6.49. The number of carbonyl (C=O) groups is 1. The van der Waals surface area contributed by atoms with Gasteiger partial charge < -0.3 is 0 Å². The molecule has 0 amide bonds. The number of H-pyrrole nitrogens is 1. The van der Waals surface area contributed by atoms with Gasteiger partial charge in [0.25, 0.3) is 0 Å². The maximum atomic E-state index is 12.5. The van der Waals surface area contributed by atoms with Crippen LogP contribution in [0.5, 0.6) is 0 Å². The van der Waals surface area contributed by atoms with Crippen LogP contribution in [0.2, 0.25) is 0 Å². The Morgan fingerprint density at radius 3 is 2.96 bits per heavy atom. The fraction of sp³-hybridized carbons (Fsp3) is 0.500. The molecule has 120 valence electrons. The number of nitrogens with zero attached hydrogens (tertiary/aromatic N) is 1. The van der Waals surface area contributed by atoms with Gasteiger partial charge in [-0.3, -0.25) is 9.89 Å². The third-order valence-corrected chi connectivity index (χ3v) is 5.88. The van der Waals surface area contributed by atoms with Gasteiger partial charge in [-0.1, -0.05) is 32.8 Å². The summed E-state index contributed by atoms with van der Waals surface area (Å²) in [7, 11) is 0. The Hall–Kier alpha value is -1.90. The first-order valence-corrected chi connectivity index (χ1v) is 8.92. The van der Waals surface area contributed by atoms with Gasteiger partial charge in [0.2, 0.25) is 0 Å². The standard InChI is InChI=1S/C20H24N2O/c1-3-5-9-20-10-8-18(23)13(4-2)19(20)14-6-7-17-16(12-21-22-17)15(14)11-20/h6-7,12H,3-5,8-11H2,1-2H3,(H,21,22). The van der Waals surface area contributed by atoms with Crippen molar-refractivity contribution in [1.82, 2.24) is 10.2 Å². The molecule has 2 aliphatic rings. The van der Waals surface area contributed by atoms with Gasteiger partial charge in [0.05, 0.1) is 11.7 Å². The van der Waals surface area contributed by atoms with Crippen LogP contribution in [0.3, 0.4) is 0 Å². The van der Waals surface area contributed by atoms with Crippen LogP contribution >= 0.6 is 0 Å². The van der Waals surface area contributed by atoms with Gasteiger partial charge >= 0.3 is 0 Å². The molecule has 0 saturated carbocycles. The summed E-state index contributed by atoms with van der Waals surface area (Å²) in [6.45, 7) is 4.38. The molecule has 0 bridgehead atoms. The zero-order valence-corrected chi connectivity index (χ0v) is 14.0. The normalized spacial score (nSPS) is 23.5. The van der Waals surface area contributed by atoms with Crippen molar-refractivity contribution in [2.45, 2.75) is 58.8 Å². The Labute approximate surface area is 137 Å². The number of nitrogens with one attached hydrogen (secondary N) is 1. The fourth-order valence-electron chi connectivity index (χ4n) is 4.78. The number of unbranched alkanes of at least 4 members (excludes halogenated alkanes) is 1. The number of hydrogen-bond acceptors (Lipinski definition) is 2. The summed E-state index contributed by atoms with van der Waals surface area (Å²) in [6.07, 6.45) is 9.25. The fourth-order valence-corrected chi connectivity index (χ4v) is 4.78. The van der Waals surface area contributed by atoms with Gasteiger partial charge in [0.1, 0.15) is 0 Å². The first-order valence-electron chi connectivity index (χ1n) is 8.92. The molecule has 1 heterocycles. The quantitative estimate of drug-likeness (QED) is 0.880. The third kappa shape index (κ3) is 2.02. The predicted octanol–water partition coefficient (Wildman–Crippen LogP) is 4.82. The number of carbonyl (C=O) groups excluding carboxylic acids is 1. The van der Waals surface area contributed by atoms with Crippen molar-refractivity contribution in [1.29, 1.82) is 0 Å². The van der Waals surface area contributed by atoms with Crippen LogP contribution in [0.15, 0.2) is 23.9 Å². The Balaban J connectivity index is 1.97. The van der Waals surface area contributed by atoms with Crippen LogP contribution < -0.4 is 0 Å². The van der Waals surface area contributed by atoms with Gasteiger partial charge in [-0.2, -0.15) is 5.10 Å². The van der Waals surface area contributed by atoms with Crippen LogP contribution in [-0.4, -0.2) is 16.0 Å². The minimum atomic E-state index is 0.184. The average molecular weight is 308 g/mol. The SMILES string of the molecule is CCCCC12CCC(=O)C(CC)=C1c1ccc3[nH]ncc3c1C2. The minimum absolute atomic E-state index is 0.184. The maximum Gasteiger partial charge on any atom is 0.159 e. The van der Waals surface area contributed by atoms with Crippen molar-refractivity contribution in [2.75, 3.05) is 0 Å². The molecular formula is C20H24N2O. The van der Waals surface area contributed by atoms with Crippen molar-refractivity contribution in [3.8, 4) is 0 Å². The molecule has 2 aliphatic carbocycles. The molecule has 3 nitrogen and oxygen atoms in total. The largest absolute Gasteiger partial charge is 0.295 e. The number of hydrogen-bond donors (Lipinski definition) is 1. The smallest absolute Gasteiger partial charge is 0.159 e. The molecule has 4 rings (SSSR count). The Kier molecular flexibility index (Phi) is 3.40. The van der Waals surface area contributed by atoms with E-state index in [1.54, 1.807) is 0 Å². The van der Waals surface area contributed by atoms with Crippen LogP contribution in [0.25, 0.3) is 16.5 Å². The van der Waals surface area contributed by atoms with E-state index in [0.717, 1.165) is 36.8 Å². The lowest BCUT2D eigenvalue weighted by molar-refractivity contribution is -0.116. The number of allylic oxidation sites excluding steroid dienone is 2. The van der Waals surface area contributed by atoms with Gasteiger partial charge in [-0.05, 0) is 54.0 Å². The van der Waals surface area contributed by atoms with Crippen molar-refractivity contribution in [3.63, 3.8) is 0 Å². The van der Waals surface area contributed by atoms with Gasteiger partial charge in [0.15, 0.2) is 5.78 Å². The molecule has 23 heavy (non-hydrogen) atoms. The zero-order chi connectivity index (χ0) is 16.0. The number of benzene rings is 1. The number of rotatable bonds is 4. The Morgan fingerprint density at radius 1 is 1.30 bits per heavy atom. The Morgan fingerprint density at radius 2 is 2.17 bits per heavy atom. The molecule has 0 saturated heterocycles. The predicted molar refractivity (Wildman–Crippen MR) is 93.2 cm³/mol. The minimum Gasteiger partial charge on any atom is -0.295 e. The number of aromatic amines is 1. The van der Waals surface area contributed by atoms with Gasteiger partial charge in [-0.15, -0.1) is 0 Å². The van der Waals surface area contributed by atoms with E-state index in [-0.39, 0.29) is 5.41 Å². The van der Waals surface area contributed by atoms with E-state index in [9.17, 15) is 4.79 Å². The highest BCUT2D eigenvalue weighted by molar-refractivity contribution is 6.07. The summed E-state index contributed by atoms with van der Waals surface area (Å²) in [6, 6.07) is 4.34. The van der Waals surface area contributed by atoms with E-state index in [0.29, 0.717) is 5.78 Å². The topological polar surface area (TPSA) is 45.8 Å². The molecule has 0 spiro atoms. The molecular weight excluding hydrogens is 284 g/mol. The summed E-state index contributed by atoms with van der Waals surface area (Å²) in [4.78, 5) is 12.5. The van der Waals surface area contributed by atoms with Crippen LogP contribution in [-0.2, 0) is 11.2 Å². The number of ketones is 1. The summed E-state index contributed by atoms with van der Waals surface area (Å²) in [5, 5.41) is 8.55. The lowest BCUT2D eigenvalue weighted by atomic mass is 9.67. The van der Waals surface area contributed by atoms with Crippen molar-refractivity contribution >= 4 is 22.3 Å². The molecule has 0 aliphatic heterocycles. The monoisotopic (exact) mass is 308 g/mol. The van der Waals surface area contributed by atoms with Crippen LogP contribution in [0, 0.1) is 5.41 Å². The van der Waals surface area contributed by atoms with E-state index in [4.69, 9.17) is 0 Å². The molecule has 1 unspecified atom stereocenters. The zero-order valence-electron chi connectivity index (χ0n) is 14.0. The first-order chi connectivity index (χ1) is 11.2. The van der Waals surface area contributed by atoms with E-state index < -0.39 is 0 Å². The molecule has 0 radical (unpaired) electrons. The van der Waals surface area contributed by atoms with Gasteiger partial charge in [0, 0.05) is 17.2 Å². The lowest BCUT2D eigenvalue weighted by Crippen LogP contribution is -2.28. The second-order valence-corrected chi connectivity index (χ2v) is 7.11. The summed E-state index contributed by atoms with van der Waals surface area (Å²) < 4.78 is 0. The van der Waals surface area contributed by atoms with E-state index in [2.05, 4.69) is 36.2 Å². The van der Waals surface area contributed by atoms with Crippen molar-refractivity contribution in [3.05, 3.63) is 35.0 Å². The molecule has 2 aromatic rings. The second-order valence-electron chi connectivity index (χ2n) is 7.11. The second kappa shape index (κ2) is 5.33. The number of Topliss-reactive ketones (excluding diaryl/α,β-unsaturated/α-hetero) is 1. The highest BCUT2D eigenvalue weighted by atomic mass is 16.1. The van der Waals surface area contributed by atoms with Crippen LogP contribution in [0.4, 0.5) is 0 Å². The lowest BCUT2D eigenvalue weighted by Gasteiger charge is -2.36. The number of fused-ring (bicyclic) bond motifs is 5. The number of aromatic nitrogens is 2. The molecule has 0 fully saturated rings. The molecule has 1 N–H and O–H groups in total. The molecule has 1 atom stereocenters. The third-order valence-electron chi connectivity index (χ3n) is 5.88. The maximum absolute atomic E-state index is 12.5. The first kappa shape index (κ1) is 14.7. The van der Waals surface area contributed by atoms with E-state index in [1.807, 2.05) is 6.20 Å². The summed E-state index contributed by atoms with van der Waals surface area (Å²) in [5.74, 6) is 0.370. The summed E-state index contributed by atoms with van der Waals surface area (Å²) >= 11 is 0.